The molecule has 98 valence electrons. The summed E-state index contributed by atoms with van der Waals surface area (Å²) in [5.41, 5.74) is 1.18. The summed E-state index contributed by atoms with van der Waals surface area (Å²) in [5.74, 6) is 0. The lowest BCUT2D eigenvalue weighted by molar-refractivity contribution is 1.49. The average Bonchev–Trinajstić information content (AvgIpc) is 2.45. The van der Waals surface area contributed by atoms with Crippen molar-refractivity contribution >= 4 is 12.2 Å². The second-order valence-electron chi connectivity index (χ2n) is 2.54. The Hall–Kier alpha value is -1.30. The predicted octanol–water partition coefficient (Wildman–Crippen LogP) is 4.53. The summed E-state index contributed by atoms with van der Waals surface area (Å²) >= 11 is 0. The maximum atomic E-state index is 3.92. The Bertz CT molecular complexity index is 358. The van der Waals surface area contributed by atoms with Crippen molar-refractivity contribution in [3.8, 4) is 0 Å². The Kier molecular flexibility index (Phi) is 21.2. The fraction of sp³-hybridized carbons (Fsp3) is 0.412. The molecule has 1 aromatic rings. The smallest absolute Gasteiger partial charge is 0.0161 e. The second-order valence-corrected chi connectivity index (χ2v) is 2.54. The van der Waals surface area contributed by atoms with Gasteiger partial charge < -0.3 is 0 Å². The van der Waals surface area contributed by atoms with Gasteiger partial charge in [0.15, 0.2) is 0 Å². The normalized spacial score (nSPS) is 9.12. The topological polar surface area (TPSA) is 0 Å². The molecule has 0 unspecified atom stereocenters. The Labute approximate surface area is 108 Å². The summed E-state index contributed by atoms with van der Waals surface area (Å²) in [4.78, 5) is 0. The number of allylic oxidation sites excluding steroid dienone is 1. The Balaban J connectivity index is -0.000000285. The van der Waals surface area contributed by atoms with Gasteiger partial charge in [-0.25, -0.2) is 0 Å². The van der Waals surface area contributed by atoms with Crippen molar-refractivity contribution in [3.63, 3.8) is 0 Å². The molecule has 0 fully saturated rings. The summed E-state index contributed by atoms with van der Waals surface area (Å²) in [6, 6.07) is 8.06. The van der Waals surface area contributed by atoms with Gasteiger partial charge in [-0.1, -0.05) is 85.0 Å². The zero-order valence-electron chi connectivity index (χ0n) is 12.8. The lowest BCUT2D eigenvalue weighted by Crippen LogP contribution is -2.23. The molecule has 0 radical (unpaired) electrons. The van der Waals surface area contributed by atoms with E-state index in [2.05, 4.69) is 19.2 Å². The Morgan fingerprint density at radius 3 is 1.71 bits per heavy atom. The van der Waals surface area contributed by atoms with Crippen LogP contribution in [-0.2, 0) is 0 Å². The van der Waals surface area contributed by atoms with Crippen LogP contribution in [0.4, 0.5) is 0 Å². The van der Waals surface area contributed by atoms with E-state index in [9.17, 15) is 0 Å². The predicted molar refractivity (Wildman–Crippen MR) is 84.5 cm³/mol. The minimum absolute atomic E-state index is 1.06. The van der Waals surface area contributed by atoms with Crippen LogP contribution in [0.25, 0.3) is 12.2 Å². The molecule has 0 N–H and O–H groups in total. The molecular formula is C17H30. The molecular weight excluding hydrogens is 204 g/mol. The maximum Gasteiger partial charge on any atom is -0.0161 e. The van der Waals surface area contributed by atoms with Crippen LogP contribution in [0.3, 0.4) is 0 Å². The zero-order chi connectivity index (χ0) is 14.3. The molecule has 0 nitrogen and oxygen atoms in total. The van der Waals surface area contributed by atoms with Crippen LogP contribution in [0.5, 0.6) is 0 Å². The third-order valence-electron chi connectivity index (χ3n) is 1.75. The van der Waals surface area contributed by atoms with Gasteiger partial charge in [-0.3, -0.25) is 0 Å². The monoisotopic (exact) mass is 234 g/mol. The molecule has 0 atom stereocenters. The van der Waals surface area contributed by atoms with E-state index in [1.807, 2.05) is 72.7 Å². The number of hydrogen-bond donors (Lipinski definition) is 0. The first-order valence-electron chi connectivity index (χ1n) is 6.63. The van der Waals surface area contributed by atoms with Crippen LogP contribution < -0.4 is 10.4 Å². The van der Waals surface area contributed by atoms with E-state index in [1.54, 1.807) is 0 Å². The minimum Gasteiger partial charge on any atom is -0.0988 e. The van der Waals surface area contributed by atoms with Gasteiger partial charge in [0.05, 0.1) is 0 Å². The molecule has 0 heteroatoms. The molecule has 0 aliphatic heterocycles. The van der Waals surface area contributed by atoms with E-state index in [4.69, 9.17) is 0 Å². The maximum absolute atomic E-state index is 3.92. The fourth-order valence-corrected chi connectivity index (χ4v) is 1.01. The van der Waals surface area contributed by atoms with Crippen LogP contribution >= 0.6 is 0 Å². The van der Waals surface area contributed by atoms with Gasteiger partial charge in [0.1, 0.15) is 0 Å². The number of rotatable bonds is 1. The van der Waals surface area contributed by atoms with Gasteiger partial charge in [0.25, 0.3) is 0 Å². The van der Waals surface area contributed by atoms with Crippen LogP contribution in [0, 0.1) is 0 Å². The SMILES string of the molecule is C=C/C(C)=c1/ccccc1=C.CC.CC.CC. The highest BCUT2D eigenvalue weighted by molar-refractivity contribution is 5.53. The highest BCUT2D eigenvalue weighted by Crippen LogP contribution is 1.87. The van der Waals surface area contributed by atoms with Gasteiger partial charge in [-0.15, -0.1) is 0 Å². The van der Waals surface area contributed by atoms with Crippen molar-refractivity contribution in [2.45, 2.75) is 48.5 Å². The molecule has 0 bridgehead atoms. The van der Waals surface area contributed by atoms with Crippen molar-refractivity contribution in [2.24, 2.45) is 0 Å². The molecule has 0 amide bonds. The molecule has 1 rings (SSSR count). The zero-order valence-corrected chi connectivity index (χ0v) is 12.8. The first-order valence-corrected chi connectivity index (χ1v) is 6.63. The van der Waals surface area contributed by atoms with Gasteiger partial charge in [-0.2, -0.15) is 0 Å². The molecule has 17 heavy (non-hydrogen) atoms. The Morgan fingerprint density at radius 1 is 0.941 bits per heavy atom. The summed E-state index contributed by atoms with van der Waals surface area (Å²) in [6.45, 7) is 21.7. The van der Waals surface area contributed by atoms with Crippen LogP contribution in [0.2, 0.25) is 0 Å². The molecule has 1 aromatic carbocycles. The molecule has 0 spiro atoms. The van der Waals surface area contributed by atoms with E-state index in [1.165, 1.54) is 10.8 Å². The van der Waals surface area contributed by atoms with Crippen molar-refractivity contribution in [2.75, 3.05) is 0 Å². The lowest BCUT2D eigenvalue weighted by atomic mass is 10.1. The van der Waals surface area contributed by atoms with Crippen molar-refractivity contribution in [3.05, 3.63) is 47.4 Å². The minimum atomic E-state index is 1.06. The van der Waals surface area contributed by atoms with E-state index in [-0.39, 0.29) is 0 Å². The van der Waals surface area contributed by atoms with Crippen LogP contribution in [-0.4, -0.2) is 0 Å². The van der Waals surface area contributed by atoms with E-state index in [0.717, 1.165) is 5.22 Å². The van der Waals surface area contributed by atoms with E-state index < -0.39 is 0 Å². The van der Waals surface area contributed by atoms with Crippen molar-refractivity contribution in [1.29, 1.82) is 0 Å². The molecule has 0 saturated carbocycles. The van der Waals surface area contributed by atoms with Gasteiger partial charge in [0, 0.05) is 0 Å². The highest BCUT2D eigenvalue weighted by atomic mass is 13.9. The summed E-state index contributed by atoms with van der Waals surface area (Å²) < 4.78 is 0. The number of benzene rings is 1. The van der Waals surface area contributed by atoms with E-state index in [0.29, 0.717) is 0 Å². The van der Waals surface area contributed by atoms with Gasteiger partial charge in [0.2, 0.25) is 0 Å². The first-order chi connectivity index (χ1) is 8.25. The number of hydrogen-bond acceptors (Lipinski definition) is 0. The molecule has 0 aromatic heterocycles. The summed E-state index contributed by atoms with van der Waals surface area (Å²) in [7, 11) is 0. The van der Waals surface area contributed by atoms with Crippen molar-refractivity contribution in [1.82, 2.24) is 0 Å². The van der Waals surface area contributed by atoms with Gasteiger partial charge >= 0.3 is 0 Å². The molecule has 0 heterocycles. The van der Waals surface area contributed by atoms with Crippen LogP contribution in [0.15, 0.2) is 36.9 Å². The first kappa shape index (κ1) is 21.0. The standard InChI is InChI=1S/C11H12.3C2H6/c1-4-9(2)11-8-6-5-7-10(11)3;3*1-2/h4-8H,1,3H2,2H3;3*1-2H3/b11-9-;;;. The second kappa shape index (κ2) is 17.1. The van der Waals surface area contributed by atoms with E-state index >= 15 is 0 Å². The Morgan fingerprint density at radius 2 is 1.35 bits per heavy atom. The molecule has 0 saturated heterocycles. The molecule has 0 aliphatic carbocycles. The van der Waals surface area contributed by atoms with Crippen molar-refractivity contribution < 1.29 is 0 Å². The average molecular weight is 234 g/mol. The lowest BCUT2D eigenvalue weighted by Gasteiger charge is -1.91. The summed E-state index contributed by atoms with van der Waals surface area (Å²) in [6.07, 6.45) is 1.85. The fourth-order valence-electron chi connectivity index (χ4n) is 1.01. The third kappa shape index (κ3) is 9.62. The van der Waals surface area contributed by atoms with Gasteiger partial charge in [-0.05, 0) is 22.9 Å². The van der Waals surface area contributed by atoms with Crippen LogP contribution in [0.1, 0.15) is 48.5 Å². The largest absolute Gasteiger partial charge is 0.0988 e. The quantitative estimate of drug-likeness (QED) is 0.669. The third-order valence-corrected chi connectivity index (χ3v) is 1.75. The molecule has 0 aliphatic rings. The summed E-state index contributed by atoms with van der Waals surface area (Å²) in [5, 5.41) is 2.24. The highest BCUT2D eigenvalue weighted by Gasteiger charge is 1.83.